The lowest BCUT2D eigenvalue weighted by Crippen LogP contribution is -1.81. The van der Waals surface area contributed by atoms with Gasteiger partial charge in [-0.25, -0.2) is 4.98 Å². The molecule has 4 nitrogen and oxygen atoms in total. The predicted molar refractivity (Wildman–Crippen MR) is 114 cm³/mol. The van der Waals surface area contributed by atoms with Crippen molar-refractivity contribution in [1.82, 2.24) is 15.0 Å². The van der Waals surface area contributed by atoms with Crippen molar-refractivity contribution in [2.45, 2.75) is 0 Å². The molecule has 0 atom stereocenters. The molecule has 6 rings (SSSR count). The highest BCUT2D eigenvalue weighted by Crippen LogP contribution is 2.36. The zero-order valence-corrected chi connectivity index (χ0v) is 14.9. The number of fused-ring (bicyclic) bond motifs is 7. The molecule has 2 heterocycles. The zero-order chi connectivity index (χ0) is 18.7. The minimum absolute atomic E-state index is 0.655. The molecule has 4 heteroatoms. The molecular formula is C24H15N3O. The molecule has 0 fully saturated rings. The smallest absolute Gasteiger partial charge is 0.150 e. The lowest BCUT2D eigenvalue weighted by molar-refractivity contribution is 0.112. The molecule has 0 spiro atoms. The molecule has 0 aliphatic heterocycles. The number of imidazole rings is 1. The number of carbonyl (C=O) groups excluding carboxylic acids is 1. The molecule has 4 aromatic carbocycles. The van der Waals surface area contributed by atoms with E-state index in [4.69, 9.17) is 4.98 Å². The Hall–Kier alpha value is -3.92. The number of carbonyl (C=O) groups is 1. The van der Waals surface area contributed by atoms with Crippen LogP contribution in [0.25, 0.3) is 54.9 Å². The molecule has 0 aliphatic rings. The van der Waals surface area contributed by atoms with Crippen molar-refractivity contribution in [1.29, 1.82) is 0 Å². The van der Waals surface area contributed by atoms with E-state index in [1.807, 2.05) is 24.4 Å². The Bertz CT molecular complexity index is 1470. The van der Waals surface area contributed by atoms with Gasteiger partial charge in [-0.1, -0.05) is 60.7 Å². The molecule has 0 radical (unpaired) electrons. The van der Waals surface area contributed by atoms with Gasteiger partial charge < -0.3 is 9.97 Å². The fourth-order valence-electron chi connectivity index (χ4n) is 4.16. The number of aromatic nitrogens is 3. The number of nitrogens with one attached hydrogen (secondary N) is 2. The van der Waals surface area contributed by atoms with Crippen LogP contribution in [0.4, 0.5) is 0 Å². The average Bonchev–Trinajstić information content (AvgIpc) is 3.38. The minimum Gasteiger partial charge on any atom is -0.360 e. The molecule has 132 valence electrons. The molecule has 0 saturated heterocycles. The topological polar surface area (TPSA) is 61.5 Å². The second-order valence-electron chi connectivity index (χ2n) is 7.03. The first kappa shape index (κ1) is 15.2. The number of hydrogen-bond acceptors (Lipinski definition) is 2. The van der Waals surface area contributed by atoms with Gasteiger partial charge in [0.2, 0.25) is 0 Å². The quantitative estimate of drug-likeness (QED) is 0.301. The molecule has 28 heavy (non-hydrogen) atoms. The van der Waals surface area contributed by atoms with Crippen LogP contribution in [0, 0.1) is 0 Å². The van der Waals surface area contributed by atoms with Crippen molar-refractivity contribution >= 4 is 49.8 Å². The summed E-state index contributed by atoms with van der Waals surface area (Å²) in [5.41, 5.74) is 4.60. The Kier molecular flexibility index (Phi) is 3.00. The second kappa shape index (κ2) is 5.54. The second-order valence-corrected chi connectivity index (χ2v) is 7.03. The maximum atomic E-state index is 11.1. The largest absolute Gasteiger partial charge is 0.360 e. The van der Waals surface area contributed by atoms with Crippen molar-refractivity contribution in [2.24, 2.45) is 0 Å². The van der Waals surface area contributed by atoms with Gasteiger partial charge in [0.05, 0.1) is 11.0 Å². The number of benzene rings is 4. The Morgan fingerprint density at radius 2 is 1.50 bits per heavy atom. The van der Waals surface area contributed by atoms with Crippen molar-refractivity contribution in [3.63, 3.8) is 0 Å². The molecule has 0 aliphatic carbocycles. The third-order valence-corrected chi connectivity index (χ3v) is 5.47. The summed E-state index contributed by atoms with van der Waals surface area (Å²) in [5.74, 6) is 0.821. The first-order valence-corrected chi connectivity index (χ1v) is 9.19. The number of rotatable bonds is 2. The summed E-state index contributed by atoms with van der Waals surface area (Å²) < 4.78 is 0. The lowest BCUT2D eigenvalue weighted by Gasteiger charge is -2.05. The number of aromatic amines is 2. The van der Waals surface area contributed by atoms with Gasteiger partial charge in [0.25, 0.3) is 0 Å². The molecule has 0 unspecified atom stereocenters. The molecule has 6 aromatic rings. The van der Waals surface area contributed by atoms with E-state index >= 15 is 0 Å². The molecule has 0 bridgehead atoms. The summed E-state index contributed by atoms with van der Waals surface area (Å²) in [5, 5.41) is 5.77. The van der Waals surface area contributed by atoms with Crippen LogP contribution in [-0.4, -0.2) is 21.2 Å². The van der Waals surface area contributed by atoms with Crippen LogP contribution in [0.2, 0.25) is 0 Å². The maximum Gasteiger partial charge on any atom is 0.150 e. The van der Waals surface area contributed by atoms with Crippen LogP contribution in [0.1, 0.15) is 10.4 Å². The maximum absolute atomic E-state index is 11.1. The first-order valence-electron chi connectivity index (χ1n) is 9.19. The van der Waals surface area contributed by atoms with Crippen molar-refractivity contribution < 1.29 is 4.79 Å². The van der Waals surface area contributed by atoms with Gasteiger partial charge in [-0.15, -0.1) is 0 Å². The van der Waals surface area contributed by atoms with E-state index in [0.717, 1.165) is 50.4 Å². The van der Waals surface area contributed by atoms with Gasteiger partial charge in [-0.05, 0) is 16.8 Å². The number of hydrogen-bond donors (Lipinski definition) is 2. The summed E-state index contributed by atoms with van der Waals surface area (Å²) in [4.78, 5) is 22.9. The summed E-state index contributed by atoms with van der Waals surface area (Å²) in [6.45, 7) is 0. The Labute approximate surface area is 159 Å². The minimum atomic E-state index is 0.655. The van der Waals surface area contributed by atoms with Gasteiger partial charge in [0, 0.05) is 39.0 Å². The van der Waals surface area contributed by atoms with Crippen molar-refractivity contribution in [3.05, 3.63) is 78.5 Å². The normalized spacial score (nSPS) is 11.7. The summed E-state index contributed by atoms with van der Waals surface area (Å²) in [6.07, 6.45) is 2.81. The fraction of sp³-hybridized carbons (Fsp3) is 0. The number of nitrogens with zero attached hydrogens (tertiary/aromatic N) is 1. The van der Waals surface area contributed by atoms with Gasteiger partial charge in [0.1, 0.15) is 12.1 Å². The van der Waals surface area contributed by atoms with E-state index in [1.54, 1.807) is 0 Å². The van der Waals surface area contributed by atoms with Crippen molar-refractivity contribution in [2.75, 3.05) is 0 Å². The van der Waals surface area contributed by atoms with Crippen LogP contribution in [0.5, 0.6) is 0 Å². The molecule has 2 aromatic heterocycles. The summed E-state index contributed by atoms with van der Waals surface area (Å²) >= 11 is 0. The molecule has 0 amide bonds. The highest BCUT2D eigenvalue weighted by Gasteiger charge is 2.15. The van der Waals surface area contributed by atoms with Crippen LogP contribution in [0.15, 0.2) is 72.9 Å². The van der Waals surface area contributed by atoms with Crippen LogP contribution in [0.3, 0.4) is 0 Å². The van der Waals surface area contributed by atoms with Crippen LogP contribution in [-0.2, 0) is 0 Å². The molecule has 2 N–H and O–H groups in total. The van der Waals surface area contributed by atoms with E-state index in [9.17, 15) is 4.79 Å². The van der Waals surface area contributed by atoms with Gasteiger partial charge in [-0.3, -0.25) is 4.79 Å². The first-order chi connectivity index (χ1) is 13.8. The summed E-state index contributed by atoms with van der Waals surface area (Å²) in [7, 11) is 0. The highest BCUT2D eigenvalue weighted by atomic mass is 16.1. The average molecular weight is 361 g/mol. The zero-order valence-electron chi connectivity index (χ0n) is 14.9. The van der Waals surface area contributed by atoms with E-state index in [-0.39, 0.29) is 0 Å². The molecular weight excluding hydrogens is 346 g/mol. The van der Waals surface area contributed by atoms with Gasteiger partial charge in [0.15, 0.2) is 0 Å². The predicted octanol–water partition coefficient (Wildman–Crippen LogP) is 5.83. The standard InChI is InChI=1S/C24H15N3O/c28-13-14-9-10-17-20(12-25-21(17)11-14)24-26-22-18-7-3-1-5-15(18)16-6-2-4-8-19(16)23(22)27-24/h1-13,25H,(H,26,27). The third kappa shape index (κ3) is 2.00. The molecule has 0 saturated carbocycles. The van der Waals surface area contributed by atoms with E-state index < -0.39 is 0 Å². The van der Waals surface area contributed by atoms with E-state index in [1.165, 1.54) is 10.8 Å². The van der Waals surface area contributed by atoms with E-state index in [0.29, 0.717) is 5.56 Å². The number of H-pyrrole nitrogens is 2. The Balaban J connectivity index is 1.71. The van der Waals surface area contributed by atoms with Gasteiger partial charge in [-0.2, -0.15) is 0 Å². The van der Waals surface area contributed by atoms with Crippen molar-refractivity contribution in [3.8, 4) is 11.4 Å². The third-order valence-electron chi connectivity index (χ3n) is 5.47. The Morgan fingerprint density at radius 3 is 2.29 bits per heavy atom. The van der Waals surface area contributed by atoms with Crippen LogP contribution < -0.4 is 0 Å². The summed E-state index contributed by atoms with van der Waals surface area (Å²) in [6, 6.07) is 22.5. The highest BCUT2D eigenvalue weighted by molar-refractivity contribution is 6.23. The van der Waals surface area contributed by atoms with Gasteiger partial charge >= 0.3 is 0 Å². The SMILES string of the molecule is O=Cc1ccc2c(-c3nc4c5ccccc5c5ccccc5c4[nH]3)c[nH]c2c1. The lowest BCUT2D eigenvalue weighted by atomic mass is 10.0. The monoisotopic (exact) mass is 361 g/mol. The number of aldehydes is 1. The Morgan fingerprint density at radius 1 is 0.786 bits per heavy atom. The van der Waals surface area contributed by atoms with Crippen LogP contribution >= 0.6 is 0 Å². The van der Waals surface area contributed by atoms with E-state index in [2.05, 4.69) is 58.5 Å². The fourth-order valence-corrected chi connectivity index (χ4v) is 4.16.